The molecular formula is C22H22ClF3N4O2. The average Bonchev–Trinajstić information content (AvgIpc) is 3.02. The molecule has 10 heteroatoms. The van der Waals surface area contributed by atoms with Crippen LogP contribution in [-0.2, 0) is 29.6 Å². The maximum Gasteiger partial charge on any atom is 0.416 e. The van der Waals surface area contributed by atoms with Crippen molar-refractivity contribution >= 4 is 17.5 Å². The second-order valence-electron chi connectivity index (χ2n) is 7.77. The molecule has 1 heterocycles. The van der Waals surface area contributed by atoms with E-state index < -0.39 is 28.9 Å². The number of hydrogen-bond acceptors (Lipinski definition) is 3. The predicted molar refractivity (Wildman–Crippen MR) is 115 cm³/mol. The Bertz CT molecular complexity index is 1180. The third kappa shape index (κ3) is 5.04. The second kappa shape index (κ2) is 8.82. The molecule has 170 valence electrons. The van der Waals surface area contributed by atoms with Crippen molar-refractivity contribution in [2.24, 2.45) is 0 Å². The van der Waals surface area contributed by atoms with Crippen LogP contribution in [0, 0.1) is 0 Å². The van der Waals surface area contributed by atoms with E-state index in [1.54, 1.807) is 45.0 Å². The van der Waals surface area contributed by atoms with Gasteiger partial charge in [0.15, 0.2) is 5.82 Å². The highest BCUT2D eigenvalue weighted by Crippen LogP contribution is 2.32. The van der Waals surface area contributed by atoms with E-state index in [4.69, 9.17) is 11.6 Å². The van der Waals surface area contributed by atoms with Crippen LogP contribution >= 0.6 is 11.6 Å². The van der Waals surface area contributed by atoms with Gasteiger partial charge in [-0.05, 0) is 62.7 Å². The molecule has 0 fully saturated rings. The topological polar surface area (TPSA) is 68.9 Å². The molecule has 0 aliphatic heterocycles. The summed E-state index contributed by atoms with van der Waals surface area (Å²) in [6, 6.07) is 11.5. The monoisotopic (exact) mass is 466 g/mol. The van der Waals surface area contributed by atoms with E-state index in [0.717, 1.165) is 16.8 Å². The first kappa shape index (κ1) is 23.6. The molecule has 0 atom stereocenters. The summed E-state index contributed by atoms with van der Waals surface area (Å²) in [4.78, 5) is 25.4. The maximum absolute atomic E-state index is 13.0. The Hall–Kier alpha value is -3.07. The van der Waals surface area contributed by atoms with Crippen LogP contribution < -0.4 is 11.0 Å². The summed E-state index contributed by atoms with van der Waals surface area (Å²) in [7, 11) is 0. The Labute approximate surface area is 187 Å². The number of aromatic nitrogens is 3. The van der Waals surface area contributed by atoms with Crippen molar-refractivity contribution in [1.29, 1.82) is 0 Å². The summed E-state index contributed by atoms with van der Waals surface area (Å²) < 4.78 is 41.6. The van der Waals surface area contributed by atoms with Gasteiger partial charge in [-0.15, -0.1) is 5.10 Å². The smallest absolute Gasteiger partial charge is 0.346 e. The number of halogens is 4. The number of amides is 1. The minimum atomic E-state index is -4.49. The van der Waals surface area contributed by atoms with Crippen LogP contribution in [0.1, 0.15) is 31.9 Å². The van der Waals surface area contributed by atoms with Crippen molar-refractivity contribution < 1.29 is 18.0 Å². The molecular weight excluding hydrogens is 445 g/mol. The van der Waals surface area contributed by atoms with Crippen LogP contribution in [0.15, 0.2) is 53.3 Å². The highest BCUT2D eigenvalue weighted by atomic mass is 35.5. The van der Waals surface area contributed by atoms with Crippen molar-refractivity contribution in [3.8, 4) is 11.4 Å². The number of benzene rings is 2. The van der Waals surface area contributed by atoms with Gasteiger partial charge >= 0.3 is 11.9 Å². The lowest BCUT2D eigenvalue weighted by Gasteiger charge is -2.27. The Kier molecular flexibility index (Phi) is 6.50. The van der Waals surface area contributed by atoms with Crippen LogP contribution in [0.4, 0.5) is 13.2 Å². The van der Waals surface area contributed by atoms with Crippen LogP contribution in [-0.4, -0.2) is 20.3 Å². The standard InChI is InChI=1S/C22H22ClF3N4O2/c1-4-29-19(14-8-10-17(23)11-9-14)28-30(20(29)32)13-18(31)27-21(2,3)15-6-5-7-16(12-15)22(24,25)26/h5-12H,4,13H2,1-3H3,(H,27,31). The average molecular weight is 467 g/mol. The van der Waals surface area contributed by atoms with E-state index in [9.17, 15) is 22.8 Å². The largest absolute Gasteiger partial charge is 0.416 e. The molecule has 1 amide bonds. The van der Waals surface area contributed by atoms with Gasteiger partial charge < -0.3 is 5.32 Å². The number of carbonyl (C=O) groups is 1. The van der Waals surface area contributed by atoms with Crippen molar-refractivity contribution in [3.63, 3.8) is 0 Å². The molecule has 0 bridgehead atoms. The molecule has 0 spiro atoms. The fraction of sp³-hybridized carbons (Fsp3) is 0.318. The third-order valence-corrected chi connectivity index (χ3v) is 5.25. The van der Waals surface area contributed by atoms with Crippen molar-refractivity contribution in [2.75, 3.05) is 0 Å². The molecule has 1 aromatic heterocycles. The Morgan fingerprint density at radius 1 is 1.09 bits per heavy atom. The fourth-order valence-electron chi connectivity index (χ4n) is 3.32. The molecule has 3 rings (SSSR count). The van der Waals surface area contributed by atoms with E-state index in [1.807, 2.05) is 0 Å². The van der Waals surface area contributed by atoms with E-state index in [0.29, 0.717) is 23.0 Å². The number of rotatable bonds is 6. The zero-order valence-corrected chi connectivity index (χ0v) is 18.5. The van der Waals surface area contributed by atoms with Crippen LogP contribution in [0.25, 0.3) is 11.4 Å². The zero-order valence-electron chi connectivity index (χ0n) is 17.7. The van der Waals surface area contributed by atoms with Gasteiger partial charge in [0, 0.05) is 17.1 Å². The number of nitrogens with zero attached hydrogens (tertiary/aromatic N) is 3. The number of alkyl halides is 3. The van der Waals surface area contributed by atoms with Crippen molar-refractivity contribution in [2.45, 2.75) is 45.6 Å². The first-order chi connectivity index (χ1) is 14.9. The van der Waals surface area contributed by atoms with Gasteiger partial charge in [0.05, 0.1) is 11.1 Å². The van der Waals surface area contributed by atoms with E-state index in [1.165, 1.54) is 16.7 Å². The lowest BCUT2D eigenvalue weighted by atomic mass is 9.92. The van der Waals surface area contributed by atoms with Gasteiger partial charge in [0.2, 0.25) is 5.91 Å². The normalized spacial score (nSPS) is 12.1. The molecule has 0 unspecified atom stereocenters. The molecule has 0 aliphatic carbocycles. The number of nitrogens with one attached hydrogen (secondary N) is 1. The van der Waals surface area contributed by atoms with Crippen molar-refractivity contribution in [1.82, 2.24) is 19.7 Å². The summed E-state index contributed by atoms with van der Waals surface area (Å²) in [5, 5.41) is 7.51. The third-order valence-electron chi connectivity index (χ3n) is 5.00. The molecule has 1 N–H and O–H groups in total. The van der Waals surface area contributed by atoms with Gasteiger partial charge in [0.1, 0.15) is 6.54 Å². The van der Waals surface area contributed by atoms with Gasteiger partial charge in [-0.3, -0.25) is 9.36 Å². The number of carbonyl (C=O) groups excluding carboxylic acids is 1. The first-order valence-corrected chi connectivity index (χ1v) is 10.2. The highest BCUT2D eigenvalue weighted by Gasteiger charge is 2.32. The summed E-state index contributed by atoms with van der Waals surface area (Å²) in [6.07, 6.45) is -4.49. The fourth-order valence-corrected chi connectivity index (χ4v) is 3.45. The summed E-state index contributed by atoms with van der Waals surface area (Å²) in [5.41, 5.74) is -1.42. The summed E-state index contributed by atoms with van der Waals surface area (Å²) >= 11 is 5.92. The van der Waals surface area contributed by atoms with Gasteiger partial charge in [-0.1, -0.05) is 23.7 Å². The Morgan fingerprint density at radius 2 is 1.72 bits per heavy atom. The molecule has 0 aliphatic rings. The first-order valence-electron chi connectivity index (χ1n) is 9.84. The van der Waals surface area contributed by atoms with E-state index in [2.05, 4.69) is 10.4 Å². The van der Waals surface area contributed by atoms with Crippen LogP contribution in [0.5, 0.6) is 0 Å². The molecule has 0 saturated carbocycles. The van der Waals surface area contributed by atoms with Gasteiger partial charge in [0.25, 0.3) is 0 Å². The second-order valence-corrected chi connectivity index (χ2v) is 8.20. The zero-order chi connectivity index (χ0) is 23.7. The quantitative estimate of drug-likeness (QED) is 0.583. The van der Waals surface area contributed by atoms with Gasteiger partial charge in [-0.2, -0.15) is 13.2 Å². The summed E-state index contributed by atoms with van der Waals surface area (Å²) in [5.74, 6) is -0.169. The van der Waals surface area contributed by atoms with Crippen LogP contribution in [0.2, 0.25) is 5.02 Å². The molecule has 32 heavy (non-hydrogen) atoms. The maximum atomic E-state index is 13.0. The molecule has 6 nitrogen and oxygen atoms in total. The van der Waals surface area contributed by atoms with E-state index >= 15 is 0 Å². The lowest BCUT2D eigenvalue weighted by Crippen LogP contribution is -2.44. The number of hydrogen-bond donors (Lipinski definition) is 1. The van der Waals surface area contributed by atoms with Crippen molar-refractivity contribution in [3.05, 3.63) is 75.2 Å². The molecule has 0 radical (unpaired) electrons. The van der Waals surface area contributed by atoms with Crippen LogP contribution in [0.3, 0.4) is 0 Å². The molecule has 3 aromatic rings. The molecule has 0 saturated heterocycles. The molecule has 2 aromatic carbocycles. The predicted octanol–water partition coefficient (Wildman–Crippen LogP) is 4.46. The SMILES string of the molecule is CCn1c(-c2ccc(Cl)cc2)nn(CC(=O)NC(C)(C)c2cccc(C(F)(F)F)c2)c1=O. The highest BCUT2D eigenvalue weighted by molar-refractivity contribution is 6.30. The Balaban J connectivity index is 1.83. The minimum absolute atomic E-state index is 0.286. The van der Waals surface area contributed by atoms with E-state index in [-0.39, 0.29) is 12.1 Å². The van der Waals surface area contributed by atoms with Gasteiger partial charge in [-0.25, -0.2) is 9.48 Å². The minimum Gasteiger partial charge on any atom is -0.346 e. The Morgan fingerprint density at radius 3 is 2.31 bits per heavy atom. The summed E-state index contributed by atoms with van der Waals surface area (Å²) in [6.45, 7) is 4.92. The lowest BCUT2D eigenvalue weighted by molar-refractivity contribution is -0.137.